The number of rotatable bonds is 4. The maximum Gasteiger partial charge on any atom is 0.122 e. The number of anilines is 1. The lowest BCUT2D eigenvalue weighted by molar-refractivity contribution is 0.306. The van der Waals surface area contributed by atoms with Crippen LogP contribution in [0.5, 0.6) is 5.75 Å². The molecule has 0 spiro atoms. The molecule has 0 atom stereocenters. The fourth-order valence-corrected chi connectivity index (χ4v) is 2.16. The standard InChI is InChI=1S/C17H15N3O/c18-12-15-7-8-16(11-17(15)20-10-4-9-19-20)21-13-14-5-2-1-3-6-14/h1-8,10-11,19H,9,13H2. The Labute approximate surface area is 123 Å². The van der Waals surface area contributed by atoms with Crippen LogP contribution in [0, 0.1) is 11.3 Å². The second kappa shape index (κ2) is 6.12. The lowest BCUT2D eigenvalue weighted by Crippen LogP contribution is -2.28. The third-order valence-corrected chi connectivity index (χ3v) is 3.23. The molecule has 104 valence electrons. The Bertz CT molecular complexity index is 689. The van der Waals surface area contributed by atoms with Crippen LogP contribution in [0.2, 0.25) is 0 Å². The number of hydrazine groups is 1. The van der Waals surface area contributed by atoms with Crippen molar-refractivity contribution in [3.8, 4) is 11.8 Å². The van der Waals surface area contributed by atoms with Gasteiger partial charge in [-0.3, -0.25) is 5.01 Å². The molecule has 0 aliphatic carbocycles. The zero-order chi connectivity index (χ0) is 14.5. The highest BCUT2D eigenvalue weighted by Crippen LogP contribution is 2.26. The molecular formula is C17H15N3O. The van der Waals surface area contributed by atoms with Crippen molar-refractivity contribution in [3.63, 3.8) is 0 Å². The Kier molecular flexibility index (Phi) is 3.85. The topological polar surface area (TPSA) is 48.3 Å². The van der Waals surface area contributed by atoms with Gasteiger partial charge in [0.1, 0.15) is 18.4 Å². The van der Waals surface area contributed by atoms with Crippen LogP contribution in [0.25, 0.3) is 0 Å². The minimum atomic E-state index is 0.509. The Morgan fingerprint density at radius 3 is 2.76 bits per heavy atom. The van der Waals surface area contributed by atoms with Crippen molar-refractivity contribution in [1.29, 1.82) is 5.26 Å². The lowest BCUT2D eigenvalue weighted by Gasteiger charge is -2.18. The normalized spacial score (nSPS) is 13.2. The first-order valence-corrected chi connectivity index (χ1v) is 6.77. The maximum absolute atomic E-state index is 9.21. The monoisotopic (exact) mass is 277 g/mol. The third kappa shape index (κ3) is 3.04. The molecule has 21 heavy (non-hydrogen) atoms. The highest BCUT2D eigenvalue weighted by molar-refractivity contribution is 5.63. The lowest BCUT2D eigenvalue weighted by atomic mass is 10.2. The van der Waals surface area contributed by atoms with Gasteiger partial charge in [0.05, 0.1) is 11.3 Å². The van der Waals surface area contributed by atoms with Crippen LogP contribution in [0.4, 0.5) is 5.69 Å². The van der Waals surface area contributed by atoms with Gasteiger partial charge >= 0.3 is 0 Å². The van der Waals surface area contributed by atoms with Crippen molar-refractivity contribution < 1.29 is 4.74 Å². The first-order valence-electron chi connectivity index (χ1n) is 6.77. The predicted molar refractivity (Wildman–Crippen MR) is 81.6 cm³/mol. The highest BCUT2D eigenvalue weighted by atomic mass is 16.5. The molecule has 1 N–H and O–H groups in total. The average Bonchev–Trinajstić information content (AvgIpc) is 3.08. The van der Waals surface area contributed by atoms with Crippen molar-refractivity contribution in [3.05, 3.63) is 71.9 Å². The summed E-state index contributed by atoms with van der Waals surface area (Å²) in [5.41, 5.74) is 5.69. The summed E-state index contributed by atoms with van der Waals surface area (Å²) >= 11 is 0. The van der Waals surface area contributed by atoms with Crippen LogP contribution in [0.15, 0.2) is 60.8 Å². The van der Waals surface area contributed by atoms with Gasteiger partial charge in [0.2, 0.25) is 0 Å². The van der Waals surface area contributed by atoms with Crippen LogP contribution in [-0.4, -0.2) is 6.54 Å². The maximum atomic E-state index is 9.21. The van der Waals surface area contributed by atoms with Gasteiger partial charge in [0.15, 0.2) is 0 Å². The summed E-state index contributed by atoms with van der Waals surface area (Å²) in [6.07, 6.45) is 3.91. The summed E-state index contributed by atoms with van der Waals surface area (Å²) in [4.78, 5) is 0. The largest absolute Gasteiger partial charge is 0.489 e. The molecule has 0 unspecified atom stereocenters. The van der Waals surface area contributed by atoms with E-state index >= 15 is 0 Å². The van der Waals surface area contributed by atoms with Gasteiger partial charge in [0, 0.05) is 18.8 Å². The van der Waals surface area contributed by atoms with Crippen molar-refractivity contribution in [2.45, 2.75) is 6.61 Å². The molecule has 3 rings (SSSR count). The van der Waals surface area contributed by atoms with Crippen molar-refractivity contribution >= 4 is 5.69 Å². The summed E-state index contributed by atoms with van der Waals surface area (Å²) in [6, 6.07) is 17.7. The van der Waals surface area contributed by atoms with Crippen LogP contribution in [0.3, 0.4) is 0 Å². The minimum absolute atomic E-state index is 0.509. The average molecular weight is 277 g/mol. The number of hydrogen-bond acceptors (Lipinski definition) is 4. The van der Waals surface area contributed by atoms with E-state index < -0.39 is 0 Å². The molecule has 0 saturated carbocycles. The predicted octanol–water partition coefficient (Wildman–Crippen LogP) is 2.98. The first-order chi connectivity index (χ1) is 10.4. The molecule has 2 aromatic rings. The molecule has 2 aromatic carbocycles. The Balaban J connectivity index is 1.78. The second-order valence-corrected chi connectivity index (χ2v) is 4.68. The third-order valence-electron chi connectivity index (χ3n) is 3.23. The Hall–Kier alpha value is -2.77. The molecule has 4 heteroatoms. The molecule has 1 aliphatic rings. The number of nitrogens with zero attached hydrogens (tertiary/aromatic N) is 2. The quantitative estimate of drug-likeness (QED) is 0.933. The van der Waals surface area contributed by atoms with Crippen LogP contribution < -0.4 is 15.2 Å². The van der Waals surface area contributed by atoms with Crippen LogP contribution in [-0.2, 0) is 6.61 Å². The highest BCUT2D eigenvalue weighted by Gasteiger charge is 2.12. The molecule has 0 radical (unpaired) electrons. The number of hydrogen-bond donors (Lipinski definition) is 1. The fraction of sp³-hybridized carbons (Fsp3) is 0.118. The summed E-state index contributed by atoms with van der Waals surface area (Å²) in [7, 11) is 0. The zero-order valence-electron chi connectivity index (χ0n) is 11.5. The van der Waals surface area contributed by atoms with E-state index in [1.165, 1.54) is 0 Å². The number of nitrogens with one attached hydrogen (secondary N) is 1. The van der Waals surface area contributed by atoms with E-state index in [4.69, 9.17) is 4.74 Å². The molecule has 1 aliphatic heterocycles. The van der Waals surface area contributed by atoms with Crippen molar-refractivity contribution in [1.82, 2.24) is 5.43 Å². The molecule has 4 nitrogen and oxygen atoms in total. The van der Waals surface area contributed by atoms with Gasteiger partial charge in [-0.15, -0.1) is 0 Å². The van der Waals surface area contributed by atoms with E-state index in [9.17, 15) is 5.26 Å². The van der Waals surface area contributed by atoms with Gasteiger partial charge in [-0.2, -0.15) is 5.26 Å². The molecule has 0 bridgehead atoms. The van der Waals surface area contributed by atoms with E-state index in [-0.39, 0.29) is 0 Å². The van der Waals surface area contributed by atoms with Crippen LogP contribution >= 0.6 is 0 Å². The van der Waals surface area contributed by atoms with Gasteiger partial charge < -0.3 is 4.74 Å². The smallest absolute Gasteiger partial charge is 0.122 e. The molecule has 0 fully saturated rings. The Morgan fingerprint density at radius 2 is 2.05 bits per heavy atom. The summed E-state index contributed by atoms with van der Waals surface area (Å²) in [6.45, 7) is 1.27. The van der Waals surface area contributed by atoms with E-state index in [1.54, 1.807) is 6.07 Å². The van der Waals surface area contributed by atoms with Gasteiger partial charge in [-0.25, -0.2) is 5.43 Å². The number of nitriles is 1. The molecular weight excluding hydrogens is 262 g/mol. The molecule has 0 amide bonds. The summed E-state index contributed by atoms with van der Waals surface area (Å²) in [5.74, 6) is 0.745. The first kappa shape index (κ1) is 13.2. The van der Waals surface area contributed by atoms with Crippen molar-refractivity contribution in [2.24, 2.45) is 0 Å². The van der Waals surface area contributed by atoms with Crippen LogP contribution in [0.1, 0.15) is 11.1 Å². The van der Waals surface area contributed by atoms with Crippen molar-refractivity contribution in [2.75, 3.05) is 11.6 Å². The van der Waals surface area contributed by atoms with Gasteiger partial charge in [-0.1, -0.05) is 36.4 Å². The molecule has 0 aromatic heterocycles. The summed E-state index contributed by atoms with van der Waals surface area (Å²) in [5, 5.41) is 11.0. The zero-order valence-corrected chi connectivity index (χ0v) is 11.5. The minimum Gasteiger partial charge on any atom is -0.489 e. The molecule has 1 heterocycles. The van der Waals surface area contributed by atoms with Gasteiger partial charge in [-0.05, 0) is 17.7 Å². The van der Waals surface area contributed by atoms with Gasteiger partial charge in [0.25, 0.3) is 0 Å². The SMILES string of the molecule is N#Cc1ccc(OCc2ccccc2)cc1N1C=CCN1. The fourth-order valence-electron chi connectivity index (χ4n) is 2.16. The number of ether oxygens (including phenoxy) is 1. The summed E-state index contributed by atoms with van der Waals surface area (Å²) < 4.78 is 5.80. The second-order valence-electron chi connectivity index (χ2n) is 4.68. The van der Waals surface area contributed by atoms with E-state index in [1.807, 2.05) is 59.7 Å². The Morgan fingerprint density at radius 1 is 1.19 bits per heavy atom. The molecule has 0 saturated heterocycles. The van der Waals surface area contributed by atoms with E-state index in [0.29, 0.717) is 12.2 Å². The van der Waals surface area contributed by atoms with E-state index in [2.05, 4.69) is 11.5 Å². The van der Waals surface area contributed by atoms with E-state index in [0.717, 1.165) is 23.5 Å². The number of benzene rings is 2.